The van der Waals surface area contributed by atoms with E-state index in [1.54, 1.807) is 30.1 Å². The summed E-state index contributed by atoms with van der Waals surface area (Å²) in [6.45, 7) is -0.121. The van der Waals surface area contributed by atoms with Crippen molar-refractivity contribution in [1.29, 1.82) is 0 Å². The number of hydrogen-bond donors (Lipinski definition) is 1. The number of rotatable bonds is 4. The number of nitrogens with two attached hydrogens (primary N) is 1. The number of nitrogen functional groups attached to an aromatic ring is 1. The van der Waals surface area contributed by atoms with E-state index in [1.807, 2.05) is 0 Å². The van der Waals surface area contributed by atoms with Gasteiger partial charge in [-0.2, -0.15) is 18.3 Å². The van der Waals surface area contributed by atoms with Crippen LogP contribution in [0.2, 0.25) is 0 Å². The van der Waals surface area contributed by atoms with Crippen molar-refractivity contribution in [2.75, 3.05) is 19.4 Å². The number of fused-ring (bicyclic) bond motifs is 3. The van der Waals surface area contributed by atoms with Crippen LogP contribution in [0.1, 0.15) is 27.9 Å². The summed E-state index contributed by atoms with van der Waals surface area (Å²) >= 11 is 0. The lowest BCUT2D eigenvalue weighted by molar-refractivity contribution is -0.167. The summed E-state index contributed by atoms with van der Waals surface area (Å²) in [7, 11) is 3.03. The molecule has 1 atom stereocenters. The molecule has 1 aliphatic heterocycles. The van der Waals surface area contributed by atoms with E-state index >= 15 is 0 Å². The van der Waals surface area contributed by atoms with Crippen LogP contribution in [-0.2, 0) is 29.3 Å². The number of nitrogens with zero attached hydrogens (tertiary/aromatic N) is 5. The van der Waals surface area contributed by atoms with Crippen molar-refractivity contribution in [1.82, 2.24) is 24.8 Å². The van der Waals surface area contributed by atoms with Gasteiger partial charge in [0.2, 0.25) is 0 Å². The number of aryl methyl sites for hydroxylation is 1. The second-order valence-electron chi connectivity index (χ2n) is 8.94. The number of likely N-dealkylation sites (N-methyl/N-ethyl adjacent to an activating group) is 1. The predicted molar refractivity (Wildman–Crippen MR) is 129 cm³/mol. The molecule has 3 heterocycles. The van der Waals surface area contributed by atoms with Crippen LogP contribution in [0.15, 0.2) is 42.6 Å². The highest BCUT2D eigenvalue weighted by atomic mass is 19.4. The maximum absolute atomic E-state index is 14.7. The molecule has 2 aromatic heterocycles. The molecule has 0 saturated carbocycles. The number of pyridine rings is 1. The average Bonchev–Trinajstić information content (AvgIpc) is 3.23. The third-order valence-electron chi connectivity index (χ3n) is 6.54. The zero-order valence-corrected chi connectivity index (χ0v) is 20.3. The standard InChI is InChI=1S/C25H22F4N6O3/c1-33-21-16-9-13(4-6-19(16)32-22(30)17(21)11-31-33)23(36)35(34(2)24(37)20-7-8-38-20)12-14-3-5-15(10-18(14)26)25(27,28)29/h3-6,9-11,20H,7-8,12H2,1-2H3,(H2,30,32)/t20-/m0/s1. The van der Waals surface area contributed by atoms with Crippen molar-refractivity contribution >= 4 is 39.4 Å². The number of benzene rings is 2. The Bertz CT molecular complexity index is 1580. The first-order valence-electron chi connectivity index (χ1n) is 11.5. The van der Waals surface area contributed by atoms with Gasteiger partial charge in [-0.3, -0.25) is 19.3 Å². The largest absolute Gasteiger partial charge is 0.416 e. The van der Waals surface area contributed by atoms with Crippen LogP contribution in [0.25, 0.3) is 21.8 Å². The molecule has 0 radical (unpaired) electrons. The summed E-state index contributed by atoms with van der Waals surface area (Å²) in [5.41, 5.74) is 5.94. The van der Waals surface area contributed by atoms with E-state index in [0.717, 1.165) is 22.2 Å². The van der Waals surface area contributed by atoms with Crippen molar-refractivity contribution in [3.8, 4) is 0 Å². The summed E-state index contributed by atoms with van der Waals surface area (Å²) in [6, 6.07) is 6.65. The molecule has 38 heavy (non-hydrogen) atoms. The number of alkyl halides is 3. The van der Waals surface area contributed by atoms with E-state index in [2.05, 4.69) is 10.1 Å². The number of ether oxygens (including phenoxy) is 1. The van der Waals surface area contributed by atoms with Gasteiger partial charge in [0.15, 0.2) is 0 Å². The third kappa shape index (κ3) is 4.38. The van der Waals surface area contributed by atoms with Crippen molar-refractivity contribution in [2.24, 2.45) is 7.05 Å². The molecule has 0 aliphatic carbocycles. The van der Waals surface area contributed by atoms with Crippen molar-refractivity contribution in [3.63, 3.8) is 0 Å². The van der Waals surface area contributed by atoms with Crippen molar-refractivity contribution in [3.05, 3.63) is 65.1 Å². The zero-order chi connectivity index (χ0) is 27.4. The maximum atomic E-state index is 14.7. The van der Waals surface area contributed by atoms with E-state index in [1.165, 1.54) is 13.1 Å². The predicted octanol–water partition coefficient (Wildman–Crippen LogP) is 3.67. The number of carbonyl (C=O) groups excluding carboxylic acids is 2. The Balaban J connectivity index is 1.56. The van der Waals surface area contributed by atoms with Gasteiger partial charge < -0.3 is 10.5 Å². The molecule has 1 saturated heterocycles. The first-order chi connectivity index (χ1) is 18.0. The summed E-state index contributed by atoms with van der Waals surface area (Å²) in [5, 5.41) is 7.34. The molecule has 4 aromatic rings. The fourth-order valence-electron chi connectivity index (χ4n) is 4.32. The van der Waals surface area contributed by atoms with Gasteiger partial charge >= 0.3 is 6.18 Å². The molecule has 198 valence electrons. The van der Waals surface area contributed by atoms with Crippen LogP contribution in [0.5, 0.6) is 0 Å². The Labute approximate surface area is 213 Å². The number of amides is 2. The first kappa shape index (κ1) is 25.4. The summed E-state index contributed by atoms with van der Waals surface area (Å²) in [5.74, 6) is -2.12. The number of hydrazine groups is 1. The minimum atomic E-state index is -4.73. The molecule has 0 bridgehead atoms. The summed E-state index contributed by atoms with van der Waals surface area (Å²) in [4.78, 5) is 31.0. The van der Waals surface area contributed by atoms with Crippen LogP contribution in [0.3, 0.4) is 0 Å². The van der Waals surface area contributed by atoms with Gasteiger partial charge in [0.1, 0.15) is 17.7 Å². The number of aromatic nitrogens is 3. The fourth-order valence-corrected chi connectivity index (χ4v) is 4.32. The number of carbonyl (C=O) groups is 2. The Hall–Kier alpha value is -4.26. The van der Waals surface area contributed by atoms with Gasteiger partial charge in [-0.1, -0.05) is 6.07 Å². The average molecular weight is 530 g/mol. The summed E-state index contributed by atoms with van der Waals surface area (Å²) < 4.78 is 60.7. The number of anilines is 1. The van der Waals surface area contributed by atoms with Crippen LogP contribution in [-0.4, -0.2) is 56.4 Å². The lowest BCUT2D eigenvalue weighted by Gasteiger charge is -2.36. The third-order valence-corrected chi connectivity index (χ3v) is 6.54. The molecular weight excluding hydrogens is 508 g/mol. The molecule has 2 aromatic carbocycles. The fraction of sp³-hybridized carbons (Fsp3) is 0.280. The Morgan fingerprint density at radius 1 is 1.18 bits per heavy atom. The SMILES string of the molecule is CN(C(=O)[C@@H]1CCO1)N(Cc1ccc(C(F)(F)F)cc1F)C(=O)c1ccc2nc(N)c3cnn(C)c3c2c1. The number of hydrogen-bond acceptors (Lipinski definition) is 6. The van der Waals surface area contributed by atoms with E-state index in [4.69, 9.17) is 10.5 Å². The molecule has 13 heteroatoms. The minimum Gasteiger partial charge on any atom is -0.383 e. The molecule has 2 N–H and O–H groups in total. The zero-order valence-electron chi connectivity index (χ0n) is 20.3. The second kappa shape index (κ2) is 9.24. The molecular formula is C25H22F4N6O3. The van der Waals surface area contributed by atoms with Crippen LogP contribution >= 0.6 is 0 Å². The normalized spacial score (nSPS) is 15.5. The van der Waals surface area contributed by atoms with Crippen molar-refractivity contribution in [2.45, 2.75) is 25.2 Å². The van der Waals surface area contributed by atoms with Crippen LogP contribution < -0.4 is 5.73 Å². The molecule has 0 unspecified atom stereocenters. The highest BCUT2D eigenvalue weighted by Gasteiger charge is 2.35. The van der Waals surface area contributed by atoms with Gasteiger partial charge in [-0.15, -0.1) is 0 Å². The molecule has 5 rings (SSSR count). The Kier molecular flexibility index (Phi) is 6.18. The molecule has 1 aliphatic rings. The van der Waals surface area contributed by atoms with Gasteiger partial charge in [0.25, 0.3) is 11.8 Å². The van der Waals surface area contributed by atoms with Gasteiger partial charge in [-0.05, 0) is 30.3 Å². The smallest absolute Gasteiger partial charge is 0.383 e. The van der Waals surface area contributed by atoms with Gasteiger partial charge in [0.05, 0.1) is 41.3 Å². The first-order valence-corrected chi connectivity index (χ1v) is 11.5. The molecule has 1 fully saturated rings. The van der Waals surface area contributed by atoms with E-state index in [0.29, 0.717) is 40.9 Å². The lowest BCUT2D eigenvalue weighted by atomic mass is 10.1. The van der Waals surface area contributed by atoms with Crippen LogP contribution in [0.4, 0.5) is 23.4 Å². The van der Waals surface area contributed by atoms with Crippen molar-refractivity contribution < 1.29 is 31.9 Å². The Morgan fingerprint density at radius 2 is 1.92 bits per heavy atom. The molecule has 9 nitrogen and oxygen atoms in total. The van der Waals surface area contributed by atoms with E-state index in [-0.39, 0.29) is 16.9 Å². The lowest BCUT2D eigenvalue weighted by Crippen LogP contribution is -2.53. The molecule has 0 spiro atoms. The second-order valence-corrected chi connectivity index (χ2v) is 8.94. The number of halogens is 4. The monoisotopic (exact) mass is 530 g/mol. The van der Waals surface area contributed by atoms with E-state index < -0.39 is 42.0 Å². The highest BCUT2D eigenvalue weighted by Crippen LogP contribution is 2.32. The summed E-state index contributed by atoms with van der Waals surface area (Å²) in [6.07, 6.45) is -3.51. The molecule has 2 amide bonds. The topological polar surface area (TPSA) is 107 Å². The van der Waals surface area contributed by atoms with Gasteiger partial charge in [-0.25, -0.2) is 14.4 Å². The van der Waals surface area contributed by atoms with Crippen LogP contribution in [0, 0.1) is 5.82 Å². The van der Waals surface area contributed by atoms with Gasteiger partial charge in [0, 0.05) is 37.0 Å². The Morgan fingerprint density at radius 3 is 2.55 bits per heavy atom. The quantitative estimate of drug-likeness (QED) is 0.319. The highest BCUT2D eigenvalue weighted by molar-refractivity contribution is 6.10. The minimum absolute atomic E-state index is 0.132. The maximum Gasteiger partial charge on any atom is 0.416 e. The van der Waals surface area contributed by atoms with E-state index in [9.17, 15) is 27.2 Å².